The van der Waals surface area contributed by atoms with Crippen LogP contribution in [-0.4, -0.2) is 36.5 Å². The Kier molecular flexibility index (Phi) is 7.12. The summed E-state index contributed by atoms with van der Waals surface area (Å²) in [5.74, 6) is -0.998. The average Bonchev–Trinajstić information content (AvgIpc) is 3.52. The van der Waals surface area contributed by atoms with Crippen LogP contribution in [0.4, 0.5) is 9.59 Å². The summed E-state index contributed by atoms with van der Waals surface area (Å²) in [6.07, 6.45) is -1.14. The minimum atomic E-state index is -1.06. The molecule has 4 aromatic carbocycles. The lowest BCUT2D eigenvalue weighted by Crippen LogP contribution is -2.29. The molecule has 1 amide bonds. The molecule has 0 atom stereocenters. The number of amides is 1. The van der Waals surface area contributed by atoms with E-state index in [4.69, 9.17) is 19.0 Å². The Bertz CT molecular complexity index is 1740. The van der Waals surface area contributed by atoms with Crippen LogP contribution in [0.2, 0.25) is 0 Å². The second-order valence-corrected chi connectivity index (χ2v) is 9.94. The van der Waals surface area contributed by atoms with Crippen molar-refractivity contribution < 1.29 is 33.4 Å². The summed E-state index contributed by atoms with van der Waals surface area (Å²) in [5, 5.41) is 13.5. The normalized spacial score (nSPS) is 12.2. The number of carbonyl (C=O) groups is 3. The summed E-state index contributed by atoms with van der Waals surface area (Å²) in [4.78, 5) is 35.7. The summed E-state index contributed by atoms with van der Waals surface area (Å²) in [7, 11) is 0. The number of hydrogen-bond acceptors (Lipinski definition) is 6. The second kappa shape index (κ2) is 11.2. The van der Waals surface area contributed by atoms with E-state index in [0.29, 0.717) is 24.0 Å². The van der Waals surface area contributed by atoms with E-state index < -0.39 is 18.2 Å². The number of carboxylic acids is 1. The predicted molar refractivity (Wildman–Crippen MR) is 153 cm³/mol. The van der Waals surface area contributed by atoms with Crippen molar-refractivity contribution in [3.05, 3.63) is 107 Å². The number of carbonyl (C=O) groups excluding carboxylic acids is 2. The second-order valence-electron chi connectivity index (χ2n) is 9.94. The summed E-state index contributed by atoms with van der Waals surface area (Å²) < 4.78 is 16.4. The molecule has 8 heteroatoms. The Hall–Kier alpha value is -5.11. The fourth-order valence-corrected chi connectivity index (χ4v) is 5.60. The minimum absolute atomic E-state index is 0.0126. The van der Waals surface area contributed by atoms with Gasteiger partial charge >= 0.3 is 18.2 Å². The quantitative estimate of drug-likeness (QED) is 0.161. The molecule has 1 heterocycles. The monoisotopic (exact) mass is 549 g/mol. The van der Waals surface area contributed by atoms with Crippen LogP contribution in [0.15, 0.2) is 89.3 Å². The Balaban J connectivity index is 1.05. The Morgan fingerprint density at radius 3 is 1.95 bits per heavy atom. The van der Waals surface area contributed by atoms with Gasteiger partial charge in [0.25, 0.3) is 0 Å². The Morgan fingerprint density at radius 1 is 0.756 bits per heavy atom. The van der Waals surface area contributed by atoms with Gasteiger partial charge in [-0.05, 0) is 46.2 Å². The van der Waals surface area contributed by atoms with Gasteiger partial charge < -0.3 is 24.3 Å². The first-order valence-corrected chi connectivity index (χ1v) is 13.4. The van der Waals surface area contributed by atoms with E-state index in [2.05, 4.69) is 5.32 Å². The fourth-order valence-electron chi connectivity index (χ4n) is 5.60. The molecule has 41 heavy (non-hydrogen) atoms. The van der Waals surface area contributed by atoms with E-state index in [1.165, 1.54) is 0 Å². The molecule has 0 fully saturated rings. The summed E-state index contributed by atoms with van der Waals surface area (Å²) in [6, 6.07) is 27.4. The van der Waals surface area contributed by atoms with Crippen molar-refractivity contribution in [3.63, 3.8) is 0 Å². The third kappa shape index (κ3) is 5.24. The zero-order chi connectivity index (χ0) is 28.3. The van der Waals surface area contributed by atoms with Crippen LogP contribution in [0.1, 0.15) is 34.6 Å². The first-order valence-electron chi connectivity index (χ1n) is 13.4. The zero-order valence-electron chi connectivity index (χ0n) is 22.1. The van der Waals surface area contributed by atoms with Gasteiger partial charge in [-0.1, -0.05) is 84.9 Å². The molecule has 8 nitrogen and oxygen atoms in total. The smallest absolute Gasteiger partial charge is 0.481 e. The molecule has 0 aliphatic heterocycles. The van der Waals surface area contributed by atoms with E-state index in [-0.39, 0.29) is 25.5 Å². The highest BCUT2D eigenvalue weighted by Gasteiger charge is 2.29. The van der Waals surface area contributed by atoms with Gasteiger partial charge in [-0.15, -0.1) is 0 Å². The van der Waals surface area contributed by atoms with Crippen LogP contribution in [-0.2, 0) is 27.1 Å². The van der Waals surface area contributed by atoms with E-state index in [9.17, 15) is 14.4 Å². The summed E-state index contributed by atoms with van der Waals surface area (Å²) in [6.45, 7) is 0.264. The molecule has 6 rings (SSSR count). The Labute approximate surface area is 235 Å². The molecule has 0 saturated carbocycles. The van der Waals surface area contributed by atoms with E-state index in [1.54, 1.807) is 0 Å². The number of para-hydroxylation sites is 2. The van der Waals surface area contributed by atoms with Crippen molar-refractivity contribution in [2.45, 2.75) is 25.2 Å². The van der Waals surface area contributed by atoms with Gasteiger partial charge in [0, 0.05) is 29.7 Å². The molecule has 206 valence electrons. The van der Waals surface area contributed by atoms with E-state index >= 15 is 0 Å². The largest absolute Gasteiger partial charge is 0.517 e. The van der Waals surface area contributed by atoms with Gasteiger partial charge in [-0.25, -0.2) is 9.59 Å². The SMILES string of the molecule is O=C(O)CCc1cccc2c1oc1c(CCNC(=O)OC(=O)OCC3c4ccccc4-c4ccccc43)cccc12. The van der Waals surface area contributed by atoms with Crippen molar-refractivity contribution in [1.29, 1.82) is 0 Å². The van der Waals surface area contributed by atoms with Crippen LogP contribution >= 0.6 is 0 Å². The lowest BCUT2D eigenvalue weighted by atomic mass is 9.98. The van der Waals surface area contributed by atoms with Crippen molar-refractivity contribution in [1.82, 2.24) is 5.32 Å². The number of aryl methyl sites for hydroxylation is 1. The molecule has 0 unspecified atom stereocenters. The van der Waals surface area contributed by atoms with Crippen LogP contribution in [0.3, 0.4) is 0 Å². The zero-order valence-corrected chi connectivity index (χ0v) is 22.1. The van der Waals surface area contributed by atoms with Crippen LogP contribution in [0.25, 0.3) is 33.1 Å². The molecule has 1 aromatic heterocycles. The molecule has 0 saturated heterocycles. The third-order valence-electron chi connectivity index (χ3n) is 7.47. The maximum Gasteiger partial charge on any atom is 0.517 e. The number of carboxylic acid groups (broad SMARTS) is 1. The third-order valence-corrected chi connectivity index (χ3v) is 7.47. The lowest BCUT2D eigenvalue weighted by Gasteiger charge is -2.13. The van der Waals surface area contributed by atoms with Crippen LogP contribution in [0.5, 0.6) is 0 Å². The highest BCUT2D eigenvalue weighted by molar-refractivity contribution is 6.06. The molecule has 1 aliphatic rings. The topological polar surface area (TPSA) is 115 Å². The van der Waals surface area contributed by atoms with Crippen LogP contribution in [0, 0.1) is 0 Å². The molecular weight excluding hydrogens is 522 g/mol. The maximum atomic E-state index is 12.3. The van der Waals surface area contributed by atoms with E-state index in [0.717, 1.165) is 44.2 Å². The number of rotatable bonds is 8. The highest BCUT2D eigenvalue weighted by Crippen LogP contribution is 2.44. The van der Waals surface area contributed by atoms with Crippen LogP contribution < -0.4 is 5.32 Å². The Morgan fingerprint density at radius 2 is 1.34 bits per heavy atom. The number of nitrogens with one attached hydrogen (secondary N) is 1. The van der Waals surface area contributed by atoms with Crippen molar-refractivity contribution in [2.24, 2.45) is 0 Å². The van der Waals surface area contributed by atoms with Gasteiger partial charge in [0.05, 0.1) is 0 Å². The van der Waals surface area contributed by atoms with Gasteiger partial charge in [-0.3, -0.25) is 4.79 Å². The average molecular weight is 550 g/mol. The minimum Gasteiger partial charge on any atom is -0.481 e. The molecular formula is C33H27NO7. The van der Waals surface area contributed by atoms with Crippen molar-refractivity contribution in [3.8, 4) is 11.1 Å². The van der Waals surface area contributed by atoms with Gasteiger partial charge in [-0.2, -0.15) is 0 Å². The number of alkyl carbamates (subject to hydrolysis) is 1. The van der Waals surface area contributed by atoms with Gasteiger partial charge in [0.2, 0.25) is 0 Å². The molecule has 5 aromatic rings. The highest BCUT2D eigenvalue weighted by atomic mass is 16.7. The molecule has 0 bridgehead atoms. The number of ether oxygens (including phenoxy) is 2. The molecule has 0 spiro atoms. The summed E-state index contributed by atoms with van der Waals surface area (Å²) in [5.41, 5.74) is 7.40. The number of aliphatic carboxylic acids is 1. The number of hydrogen-bond donors (Lipinski definition) is 2. The van der Waals surface area contributed by atoms with E-state index in [1.807, 2.05) is 84.9 Å². The number of benzene rings is 4. The number of furan rings is 1. The summed E-state index contributed by atoms with van der Waals surface area (Å²) >= 11 is 0. The van der Waals surface area contributed by atoms with Crippen molar-refractivity contribution in [2.75, 3.05) is 13.2 Å². The molecule has 0 radical (unpaired) electrons. The van der Waals surface area contributed by atoms with Crippen molar-refractivity contribution >= 4 is 40.2 Å². The molecule has 1 aliphatic carbocycles. The maximum absolute atomic E-state index is 12.3. The predicted octanol–water partition coefficient (Wildman–Crippen LogP) is 6.82. The molecule has 2 N–H and O–H groups in total. The lowest BCUT2D eigenvalue weighted by molar-refractivity contribution is -0.136. The first kappa shape index (κ1) is 26.1. The standard InChI is InChI=1S/C33H27NO7/c35-29(36)16-15-20-7-5-13-26-27-14-6-8-21(31(27)40-30(20)26)17-18-34-32(37)41-33(38)39-19-28-24-11-3-1-9-22(24)23-10-2-4-12-25(23)28/h1-14,28H,15-19H2,(H,34,37)(H,35,36). The fraction of sp³-hybridized carbons (Fsp3) is 0.182. The van der Waals surface area contributed by atoms with Gasteiger partial charge in [0.1, 0.15) is 17.8 Å². The number of fused-ring (bicyclic) bond motifs is 6. The first-order chi connectivity index (χ1) is 20.0. The van der Waals surface area contributed by atoms with Gasteiger partial charge in [0.15, 0.2) is 0 Å².